The molecule has 0 heterocycles. The number of carbonyl (C=O) groups is 2. The maximum absolute atomic E-state index is 9.55. The highest BCUT2D eigenvalue weighted by Gasteiger charge is 2.43. The maximum atomic E-state index is 9.55. The van der Waals surface area contributed by atoms with E-state index in [0.717, 1.165) is 0 Å². The lowest BCUT2D eigenvalue weighted by Gasteiger charge is -2.32. The summed E-state index contributed by atoms with van der Waals surface area (Å²) < 4.78 is 0. The van der Waals surface area contributed by atoms with Crippen molar-refractivity contribution in [3.63, 3.8) is 0 Å². The Balaban J connectivity index is 0.000000258. The Hall–Kier alpha value is -3.18. The maximum Gasteiger partial charge on any atom is 0.328 e. The number of aliphatic carboxylic acids is 2. The molecule has 2 aromatic carbocycles. The molecule has 150 valence electrons. The van der Waals surface area contributed by atoms with Gasteiger partial charge in [0.25, 0.3) is 0 Å². The average molecular weight is 391 g/mol. The van der Waals surface area contributed by atoms with E-state index in [2.05, 4.69) is 73.0 Å². The molecule has 3 N–H and O–H groups in total. The molecule has 29 heavy (non-hydrogen) atoms. The molecule has 1 unspecified atom stereocenters. The van der Waals surface area contributed by atoms with Gasteiger partial charge in [0.2, 0.25) is 0 Å². The first-order valence-electron chi connectivity index (χ1n) is 9.64. The first kappa shape index (κ1) is 20.6. The Kier molecular flexibility index (Phi) is 6.29. The summed E-state index contributed by atoms with van der Waals surface area (Å²) in [6, 6.07) is 18.5. The van der Waals surface area contributed by atoms with E-state index in [1.807, 2.05) is 0 Å². The van der Waals surface area contributed by atoms with Crippen molar-refractivity contribution in [2.45, 2.75) is 30.7 Å². The Labute approximate surface area is 170 Å². The van der Waals surface area contributed by atoms with Gasteiger partial charge in [-0.15, -0.1) is 0 Å². The van der Waals surface area contributed by atoms with Crippen LogP contribution >= 0.6 is 0 Å². The van der Waals surface area contributed by atoms with Crippen molar-refractivity contribution in [1.29, 1.82) is 0 Å². The van der Waals surface area contributed by atoms with Crippen molar-refractivity contribution in [1.82, 2.24) is 5.32 Å². The topological polar surface area (TPSA) is 86.6 Å². The van der Waals surface area contributed by atoms with Gasteiger partial charge in [-0.2, -0.15) is 0 Å². The van der Waals surface area contributed by atoms with Gasteiger partial charge in [0, 0.05) is 23.6 Å². The summed E-state index contributed by atoms with van der Waals surface area (Å²) in [5, 5.41) is 19.1. The molecule has 2 aliphatic rings. The lowest BCUT2D eigenvalue weighted by molar-refractivity contribution is -0.134. The van der Waals surface area contributed by atoms with E-state index in [4.69, 9.17) is 10.2 Å². The monoisotopic (exact) mass is 391 g/mol. The average Bonchev–Trinajstić information content (AvgIpc) is 3.11. The fraction of sp³-hybridized carbons (Fsp3) is 0.250. The van der Waals surface area contributed by atoms with E-state index >= 15 is 0 Å². The lowest BCUT2D eigenvalue weighted by Crippen LogP contribution is -2.30. The molecule has 2 aromatic rings. The highest BCUT2D eigenvalue weighted by atomic mass is 16.4. The zero-order chi connectivity index (χ0) is 20.9. The molecule has 0 saturated heterocycles. The Bertz CT molecular complexity index is 895. The van der Waals surface area contributed by atoms with E-state index in [1.54, 1.807) is 0 Å². The fourth-order valence-corrected chi connectivity index (χ4v) is 4.40. The molecule has 1 atom stereocenters. The Morgan fingerprint density at radius 1 is 0.931 bits per heavy atom. The quantitative estimate of drug-likeness (QED) is 0.690. The summed E-state index contributed by atoms with van der Waals surface area (Å²) in [4.78, 5) is 19.1. The molecule has 1 saturated carbocycles. The van der Waals surface area contributed by atoms with Crippen molar-refractivity contribution in [3.05, 3.63) is 82.9 Å². The molecule has 5 heteroatoms. The normalized spacial score (nSPS) is 18.4. The summed E-state index contributed by atoms with van der Waals surface area (Å²) in [5.74, 6) is -2.51. The van der Waals surface area contributed by atoms with Crippen LogP contribution in [0.3, 0.4) is 0 Å². The van der Waals surface area contributed by atoms with E-state index in [9.17, 15) is 9.59 Å². The van der Waals surface area contributed by atoms with Crippen LogP contribution in [0.15, 0.2) is 60.7 Å². The minimum absolute atomic E-state index is 0.171. The van der Waals surface area contributed by atoms with Gasteiger partial charge in [-0.25, -0.2) is 9.59 Å². The second-order valence-electron chi connectivity index (χ2n) is 7.33. The molecular weight excluding hydrogens is 366 g/mol. The van der Waals surface area contributed by atoms with Crippen LogP contribution in [-0.2, 0) is 15.0 Å². The summed E-state index contributed by atoms with van der Waals surface area (Å²) in [6.07, 6.45) is 9.36. The van der Waals surface area contributed by atoms with Gasteiger partial charge in [0.05, 0.1) is 0 Å². The van der Waals surface area contributed by atoms with Crippen LogP contribution in [0, 0.1) is 0 Å². The minimum atomic E-state index is -1.26. The van der Waals surface area contributed by atoms with Crippen molar-refractivity contribution in [3.8, 4) is 0 Å². The Morgan fingerprint density at radius 2 is 1.41 bits per heavy atom. The molecule has 2 aliphatic carbocycles. The van der Waals surface area contributed by atoms with Gasteiger partial charge in [-0.05, 0) is 48.6 Å². The zero-order valence-corrected chi connectivity index (χ0v) is 16.3. The molecule has 1 fully saturated rings. The standard InChI is InChI=1S/C20H21N.C4H4O4/c1-21-17-12-13-20(14-17)18-8-4-2-6-15(18)10-11-16-7-3-5-9-19(16)20;5-3(6)1-2-4(7)8/h2-11,17,21H,12-14H2,1H3;1-2H,(H,5,6)(H,7,8)/b;2-1+. The summed E-state index contributed by atoms with van der Waals surface area (Å²) in [7, 11) is 2.09. The second-order valence-corrected chi connectivity index (χ2v) is 7.33. The van der Waals surface area contributed by atoms with Crippen molar-refractivity contribution in [2.24, 2.45) is 0 Å². The predicted molar refractivity (Wildman–Crippen MR) is 114 cm³/mol. The SMILES string of the molecule is CNC1CCC2(C1)c1ccccc1C=Cc1ccccc12.O=C(O)/C=C/C(=O)O. The van der Waals surface area contributed by atoms with Crippen LogP contribution in [0.25, 0.3) is 12.2 Å². The van der Waals surface area contributed by atoms with E-state index in [1.165, 1.54) is 41.5 Å². The molecule has 0 bridgehead atoms. The number of nitrogens with one attached hydrogen (secondary N) is 1. The Morgan fingerprint density at radius 3 is 1.83 bits per heavy atom. The van der Waals surface area contributed by atoms with Gasteiger partial charge in [-0.3, -0.25) is 0 Å². The van der Waals surface area contributed by atoms with E-state index in [-0.39, 0.29) is 5.41 Å². The van der Waals surface area contributed by atoms with Crippen LogP contribution in [-0.4, -0.2) is 35.2 Å². The van der Waals surface area contributed by atoms with Gasteiger partial charge in [0.15, 0.2) is 0 Å². The molecule has 0 radical (unpaired) electrons. The smallest absolute Gasteiger partial charge is 0.328 e. The molecule has 4 rings (SSSR count). The lowest BCUT2D eigenvalue weighted by atomic mass is 9.71. The number of benzene rings is 2. The predicted octanol–water partition coefficient (Wildman–Crippen LogP) is 3.94. The van der Waals surface area contributed by atoms with Gasteiger partial charge in [0.1, 0.15) is 0 Å². The number of fused-ring (bicyclic) bond motifs is 4. The molecule has 0 aliphatic heterocycles. The number of carboxylic acid groups (broad SMARTS) is 2. The minimum Gasteiger partial charge on any atom is -0.478 e. The van der Waals surface area contributed by atoms with Crippen molar-refractivity contribution >= 4 is 24.1 Å². The van der Waals surface area contributed by atoms with Crippen molar-refractivity contribution < 1.29 is 19.8 Å². The number of hydrogen-bond acceptors (Lipinski definition) is 3. The number of carboxylic acids is 2. The highest BCUT2D eigenvalue weighted by Crippen LogP contribution is 2.50. The molecule has 5 nitrogen and oxygen atoms in total. The van der Waals surface area contributed by atoms with E-state index in [0.29, 0.717) is 18.2 Å². The summed E-state index contributed by atoms with van der Waals surface area (Å²) >= 11 is 0. The molecule has 1 spiro atoms. The van der Waals surface area contributed by atoms with Crippen LogP contribution in [0.1, 0.15) is 41.5 Å². The summed E-state index contributed by atoms with van der Waals surface area (Å²) in [6.45, 7) is 0. The van der Waals surface area contributed by atoms with Crippen LogP contribution in [0.5, 0.6) is 0 Å². The van der Waals surface area contributed by atoms with Crippen LogP contribution < -0.4 is 5.32 Å². The number of hydrogen-bond donors (Lipinski definition) is 3. The zero-order valence-electron chi connectivity index (χ0n) is 16.3. The molecule has 0 amide bonds. The third-order valence-electron chi connectivity index (χ3n) is 5.69. The van der Waals surface area contributed by atoms with Crippen LogP contribution in [0.4, 0.5) is 0 Å². The second kappa shape index (κ2) is 8.88. The first-order valence-corrected chi connectivity index (χ1v) is 9.64. The van der Waals surface area contributed by atoms with E-state index < -0.39 is 11.9 Å². The van der Waals surface area contributed by atoms with Gasteiger partial charge >= 0.3 is 11.9 Å². The third kappa shape index (κ3) is 4.46. The van der Waals surface area contributed by atoms with Crippen molar-refractivity contribution in [2.75, 3.05) is 7.05 Å². The molecular formula is C24H25NO4. The first-order chi connectivity index (χ1) is 14.0. The van der Waals surface area contributed by atoms with Gasteiger partial charge < -0.3 is 15.5 Å². The highest BCUT2D eigenvalue weighted by molar-refractivity contribution is 5.89. The largest absolute Gasteiger partial charge is 0.478 e. The third-order valence-corrected chi connectivity index (χ3v) is 5.69. The molecule has 0 aromatic heterocycles. The fourth-order valence-electron chi connectivity index (χ4n) is 4.40. The summed E-state index contributed by atoms with van der Waals surface area (Å²) in [5.41, 5.74) is 5.94. The van der Waals surface area contributed by atoms with Gasteiger partial charge in [-0.1, -0.05) is 60.7 Å². The number of rotatable bonds is 3. The van der Waals surface area contributed by atoms with Crippen LogP contribution in [0.2, 0.25) is 0 Å².